The van der Waals surface area contributed by atoms with E-state index in [0.717, 1.165) is 41.5 Å². The van der Waals surface area contributed by atoms with Crippen LogP contribution >= 0.6 is 0 Å². The van der Waals surface area contributed by atoms with Gasteiger partial charge in [-0.05, 0) is 61.9 Å². The lowest BCUT2D eigenvalue weighted by Gasteiger charge is -2.28. The molecule has 172 valence electrons. The van der Waals surface area contributed by atoms with Gasteiger partial charge in [0, 0.05) is 6.54 Å². The molecule has 1 aliphatic carbocycles. The van der Waals surface area contributed by atoms with Gasteiger partial charge in [-0.1, -0.05) is 71.8 Å². The Hall–Kier alpha value is -2.96. The summed E-state index contributed by atoms with van der Waals surface area (Å²) in [6.07, 6.45) is 2.85. The summed E-state index contributed by atoms with van der Waals surface area (Å²) in [7, 11) is -3.85. The van der Waals surface area contributed by atoms with Gasteiger partial charge in [0.05, 0.1) is 17.5 Å². The van der Waals surface area contributed by atoms with Crippen LogP contribution in [0.2, 0.25) is 0 Å². The molecule has 1 atom stereocenters. The van der Waals surface area contributed by atoms with Crippen LogP contribution in [0.3, 0.4) is 0 Å². The molecule has 0 heterocycles. The van der Waals surface area contributed by atoms with Crippen molar-refractivity contribution in [3.8, 4) is 0 Å². The number of sulfonamides is 1. The highest BCUT2D eigenvalue weighted by Gasteiger charge is 2.29. The van der Waals surface area contributed by atoms with Crippen LogP contribution in [0, 0.1) is 13.8 Å². The number of carbonyl (C=O) groups excluding carboxylic acids is 1. The maximum absolute atomic E-state index is 13.5. The lowest BCUT2D eigenvalue weighted by Crippen LogP contribution is -2.42. The smallest absolute Gasteiger partial charge is 0.243 e. The van der Waals surface area contributed by atoms with Crippen molar-refractivity contribution in [3.63, 3.8) is 0 Å². The van der Waals surface area contributed by atoms with E-state index in [2.05, 4.69) is 11.4 Å². The van der Waals surface area contributed by atoms with Gasteiger partial charge >= 0.3 is 0 Å². The van der Waals surface area contributed by atoms with Gasteiger partial charge in [-0.15, -0.1) is 0 Å². The third kappa shape index (κ3) is 5.52. The summed E-state index contributed by atoms with van der Waals surface area (Å²) in [6, 6.07) is 22.5. The molecule has 0 saturated carbocycles. The molecular weight excluding hydrogens is 432 g/mol. The van der Waals surface area contributed by atoms with Gasteiger partial charge in [-0.3, -0.25) is 4.79 Å². The Labute approximate surface area is 196 Å². The van der Waals surface area contributed by atoms with Crippen LogP contribution in [0.15, 0.2) is 77.7 Å². The Morgan fingerprint density at radius 3 is 2.48 bits per heavy atom. The van der Waals surface area contributed by atoms with Gasteiger partial charge in [0.1, 0.15) is 0 Å². The van der Waals surface area contributed by atoms with Crippen molar-refractivity contribution < 1.29 is 13.2 Å². The molecule has 0 radical (unpaired) electrons. The number of aryl methyl sites for hydroxylation is 3. The fourth-order valence-corrected chi connectivity index (χ4v) is 5.79. The molecule has 33 heavy (non-hydrogen) atoms. The van der Waals surface area contributed by atoms with Crippen molar-refractivity contribution in [1.82, 2.24) is 9.62 Å². The van der Waals surface area contributed by atoms with E-state index in [1.54, 1.807) is 24.3 Å². The second-order valence-electron chi connectivity index (χ2n) is 8.79. The molecule has 5 nitrogen and oxygen atoms in total. The first-order valence-electron chi connectivity index (χ1n) is 11.3. The van der Waals surface area contributed by atoms with Crippen molar-refractivity contribution in [3.05, 3.63) is 101 Å². The molecular formula is C27H30N2O3S. The maximum atomic E-state index is 13.5. The highest BCUT2D eigenvalue weighted by atomic mass is 32.2. The second kappa shape index (κ2) is 9.89. The highest BCUT2D eigenvalue weighted by Crippen LogP contribution is 2.29. The molecule has 0 unspecified atom stereocenters. The van der Waals surface area contributed by atoms with E-state index in [9.17, 15) is 13.2 Å². The van der Waals surface area contributed by atoms with Gasteiger partial charge < -0.3 is 5.32 Å². The van der Waals surface area contributed by atoms with Crippen LogP contribution in [-0.4, -0.2) is 25.2 Å². The molecule has 0 saturated heterocycles. The van der Waals surface area contributed by atoms with E-state index in [1.807, 2.05) is 56.3 Å². The lowest BCUT2D eigenvalue weighted by atomic mass is 9.88. The first kappa shape index (κ1) is 23.2. The molecule has 0 aliphatic heterocycles. The fraction of sp³-hybridized carbons (Fsp3) is 0.296. The summed E-state index contributed by atoms with van der Waals surface area (Å²) >= 11 is 0. The highest BCUT2D eigenvalue weighted by molar-refractivity contribution is 7.89. The van der Waals surface area contributed by atoms with Crippen LogP contribution in [0.5, 0.6) is 0 Å². The second-order valence-corrected chi connectivity index (χ2v) is 10.7. The zero-order chi connectivity index (χ0) is 23.4. The van der Waals surface area contributed by atoms with Crippen LogP contribution in [0.4, 0.5) is 0 Å². The molecule has 0 aromatic heterocycles. The number of hydrogen-bond donors (Lipinski definition) is 1. The van der Waals surface area contributed by atoms with Crippen molar-refractivity contribution >= 4 is 15.9 Å². The summed E-state index contributed by atoms with van der Waals surface area (Å²) in [5, 5.41) is 3.09. The minimum atomic E-state index is -3.85. The predicted octanol–water partition coefficient (Wildman–Crippen LogP) is 4.69. The lowest BCUT2D eigenvalue weighted by molar-refractivity contribution is -0.122. The normalized spacial score (nSPS) is 15.8. The number of hydrogen-bond acceptors (Lipinski definition) is 3. The molecule has 1 aliphatic rings. The Morgan fingerprint density at radius 2 is 1.73 bits per heavy atom. The van der Waals surface area contributed by atoms with Gasteiger partial charge in [0.25, 0.3) is 0 Å². The molecule has 0 bridgehead atoms. The van der Waals surface area contributed by atoms with Gasteiger partial charge in [-0.2, -0.15) is 4.31 Å². The van der Waals surface area contributed by atoms with E-state index < -0.39 is 10.0 Å². The van der Waals surface area contributed by atoms with Crippen molar-refractivity contribution in [1.29, 1.82) is 0 Å². The maximum Gasteiger partial charge on any atom is 0.243 e. The third-order valence-electron chi connectivity index (χ3n) is 6.12. The Kier molecular flexibility index (Phi) is 6.96. The Bertz CT molecular complexity index is 1240. The van der Waals surface area contributed by atoms with Crippen LogP contribution in [0.25, 0.3) is 0 Å². The summed E-state index contributed by atoms with van der Waals surface area (Å²) in [6.45, 7) is 3.78. The first-order chi connectivity index (χ1) is 15.8. The number of rotatable bonds is 7. The van der Waals surface area contributed by atoms with Crippen molar-refractivity contribution in [2.45, 2.75) is 50.6 Å². The van der Waals surface area contributed by atoms with Crippen molar-refractivity contribution in [2.24, 2.45) is 0 Å². The zero-order valence-electron chi connectivity index (χ0n) is 19.1. The third-order valence-corrected chi connectivity index (χ3v) is 7.93. The number of fused-ring (bicyclic) bond motifs is 1. The van der Waals surface area contributed by atoms with E-state index >= 15 is 0 Å². The minimum Gasteiger partial charge on any atom is -0.348 e. The topological polar surface area (TPSA) is 66.5 Å². The summed E-state index contributed by atoms with van der Waals surface area (Å²) in [5.74, 6) is -0.292. The number of carbonyl (C=O) groups is 1. The van der Waals surface area contributed by atoms with Gasteiger partial charge in [-0.25, -0.2) is 8.42 Å². The average Bonchev–Trinajstić information content (AvgIpc) is 2.79. The van der Waals surface area contributed by atoms with E-state index in [4.69, 9.17) is 0 Å². The minimum absolute atomic E-state index is 0.0923. The summed E-state index contributed by atoms with van der Waals surface area (Å²) in [4.78, 5) is 13.3. The SMILES string of the molecule is Cc1ccc(S(=O)(=O)N(CC(=O)N[C@@H]2CCCc3ccccc32)Cc2cccc(C)c2)cc1. The molecule has 6 heteroatoms. The van der Waals surface area contributed by atoms with E-state index in [1.165, 1.54) is 9.87 Å². The molecule has 0 fully saturated rings. The zero-order valence-corrected chi connectivity index (χ0v) is 19.9. The number of amides is 1. The number of nitrogens with zero attached hydrogens (tertiary/aromatic N) is 1. The number of benzene rings is 3. The molecule has 3 aromatic rings. The number of nitrogens with one attached hydrogen (secondary N) is 1. The summed E-state index contributed by atoms with van der Waals surface area (Å²) < 4.78 is 28.3. The predicted molar refractivity (Wildman–Crippen MR) is 130 cm³/mol. The largest absolute Gasteiger partial charge is 0.348 e. The van der Waals surface area contributed by atoms with Crippen LogP contribution in [0.1, 0.15) is 46.7 Å². The molecule has 4 rings (SSSR count). The summed E-state index contributed by atoms with van der Waals surface area (Å²) in [5.41, 5.74) is 5.25. The first-order valence-corrected chi connectivity index (χ1v) is 12.8. The fourth-order valence-electron chi connectivity index (χ4n) is 4.40. The Morgan fingerprint density at radius 1 is 0.970 bits per heavy atom. The Balaban J connectivity index is 1.58. The monoisotopic (exact) mass is 462 g/mol. The molecule has 0 spiro atoms. The van der Waals surface area contributed by atoms with Crippen LogP contribution < -0.4 is 5.32 Å². The average molecular weight is 463 g/mol. The quantitative estimate of drug-likeness (QED) is 0.554. The standard InChI is InChI=1S/C27H30N2O3S/c1-20-13-15-24(16-14-20)33(31,32)29(18-22-8-5-7-21(2)17-22)19-27(30)28-26-12-6-10-23-9-3-4-11-25(23)26/h3-5,7-9,11,13-17,26H,6,10,12,18-19H2,1-2H3,(H,28,30)/t26-/m1/s1. The van der Waals surface area contributed by atoms with E-state index in [0.29, 0.717) is 0 Å². The van der Waals surface area contributed by atoms with E-state index in [-0.39, 0.29) is 29.9 Å². The molecule has 1 N–H and O–H groups in total. The van der Waals surface area contributed by atoms with Crippen molar-refractivity contribution in [2.75, 3.05) is 6.54 Å². The molecule has 1 amide bonds. The molecule has 3 aromatic carbocycles. The van der Waals surface area contributed by atoms with Gasteiger partial charge in [0.2, 0.25) is 15.9 Å². The van der Waals surface area contributed by atoms with Gasteiger partial charge in [0.15, 0.2) is 0 Å². The van der Waals surface area contributed by atoms with Crippen LogP contribution in [-0.2, 0) is 27.8 Å².